The molecule has 9 heteroatoms. The number of hydrogen-bond donors (Lipinski definition) is 0. The Hall–Kier alpha value is -3.26. The molecule has 0 bridgehead atoms. The highest BCUT2D eigenvalue weighted by Gasteiger charge is 2.30. The Morgan fingerprint density at radius 1 is 1.16 bits per heavy atom. The standard InChI is InChI=1S/C22H22ClN3O5/c1-3-30-22(29)18-19(15-13-14(23)6-7-16(15)24(2)21(18)28)25-8-10-26(11-9-25)20(27)17-5-4-12-31-17/h4-7,12-13H,3,8-11H2,1-2H3. The van der Waals surface area contributed by atoms with Crippen LogP contribution in [0.5, 0.6) is 0 Å². The van der Waals surface area contributed by atoms with Gasteiger partial charge in [0.2, 0.25) is 0 Å². The van der Waals surface area contributed by atoms with Crippen molar-refractivity contribution in [2.75, 3.05) is 37.7 Å². The topological polar surface area (TPSA) is 85.0 Å². The van der Waals surface area contributed by atoms with Crippen LogP contribution in [0.25, 0.3) is 10.9 Å². The van der Waals surface area contributed by atoms with E-state index in [1.165, 1.54) is 10.8 Å². The lowest BCUT2D eigenvalue weighted by Crippen LogP contribution is -2.49. The van der Waals surface area contributed by atoms with Crippen LogP contribution >= 0.6 is 11.6 Å². The molecule has 3 heterocycles. The molecule has 0 spiro atoms. The van der Waals surface area contributed by atoms with Gasteiger partial charge >= 0.3 is 5.97 Å². The fourth-order valence-corrected chi connectivity index (χ4v) is 4.08. The number of furan rings is 1. The molecular formula is C22H22ClN3O5. The second kappa shape index (κ2) is 8.47. The number of aryl methyl sites for hydroxylation is 1. The minimum atomic E-state index is -0.672. The van der Waals surface area contributed by atoms with Gasteiger partial charge in [-0.25, -0.2) is 4.79 Å². The number of halogens is 1. The third-order valence-corrected chi connectivity index (χ3v) is 5.66. The molecule has 0 unspecified atom stereocenters. The zero-order chi connectivity index (χ0) is 22.1. The van der Waals surface area contributed by atoms with Crippen LogP contribution in [0, 0.1) is 0 Å². The molecule has 0 N–H and O–H groups in total. The minimum absolute atomic E-state index is 0.0232. The number of carbonyl (C=O) groups is 2. The third-order valence-electron chi connectivity index (χ3n) is 5.43. The first kappa shape index (κ1) is 21.0. The van der Waals surface area contributed by atoms with Crippen LogP contribution < -0.4 is 10.5 Å². The lowest BCUT2D eigenvalue weighted by molar-refractivity contribution is 0.0523. The van der Waals surface area contributed by atoms with E-state index in [-0.39, 0.29) is 23.8 Å². The van der Waals surface area contributed by atoms with Gasteiger partial charge in [0.1, 0.15) is 5.56 Å². The average molecular weight is 444 g/mol. The SMILES string of the molecule is CCOC(=O)c1c(N2CCN(C(=O)c3ccco3)CC2)c2cc(Cl)ccc2n(C)c1=O. The molecule has 1 amide bonds. The Morgan fingerprint density at radius 3 is 2.55 bits per heavy atom. The molecule has 4 rings (SSSR count). The number of anilines is 1. The number of carbonyl (C=O) groups excluding carboxylic acids is 2. The molecule has 0 aliphatic carbocycles. The maximum Gasteiger partial charge on any atom is 0.345 e. The van der Waals surface area contributed by atoms with Crippen molar-refractivity contribution in [3.05, 3.63) is 63.3 Å². The van der Waals surface area contributed by atoms with Gasteiger partial charge in [0.15, 0.2) is 5.76 Å². The Balaban J connectivity index is 1.76. The summed E-state index contributed by atoms with van der Waals surface area (Å²) in [6.45, 7) is 3.55. The first-order valence-electron chi connectivity index (χ1n) is 9.99. The van der Waals surface area contributed by atoms with Crippen molar-refractivity contribution in [2.45, 2.75) is 6.92 Å². The number of hydrogen-bond acceptors (Lipinski definition) is 6. The Morgan fingerprint density at radius 2 is 1.90 bits per heavy atom. The van der Waals surface area contributed by atoms with Crippen molar-refractivity contribution in [3.63, 3.8) is 0 Å². The number of esters is 1. The van der Waals surface area contributed by atoms with Crippen LogP contribution in [0.3, 0.4) is 0 Å². The van der Waals surface area contributed by atoms with E-state index in [1.807, 2.05) is 4.90 Å². The molecule has 1 aromatic carbocycles. The minimum Gasteiger partial charge on any atom is -0.462 e. The molecule has 1 saturated heterocycles. The number of fused-ring (bicyclic) bond motifs is 1. The van der Waals surface area contributed by atoms with Crippen LogP contribution in [-0.2, 0) is 11.8 Å². The van der Waals surface area contributed by atoms with Gasteiger partial charge in [-0.05, 0) is 37.3 Å². The number of benzene rings is 1. The van der Waals surface area contributed by atoms with Crippen molar-refractivity contribution in [2.24, 2.45) is 7.05 Å². The zero-order valence-corrected chi connectivity index (χ0v) is 18.0. The maximum absolute atomic E-state index is 13.1. The highest BCUT2D eigenvalue weighted by molar-refractivity contribution is 6.31. The Bertz CT molecular complexity index is 1190. The highest BCUT2D eigenvalue weighted by atomic mass is 35.5. The predicted octanol–water partition coefficient (Wildman–Crippen LogP) is 2.92. The van der Waals surface area contributed by atoms with Crippen LogP contribution in [0.15, 0.2) is 45.8 Å². The van der Waals surface area contributed by atoms with E-state index >= 15 is 0 Å². The first-order chi connectivity index (χ1) is 14.9. The molecular weight excluding hydrogens is 422 g/mol. The first-order valence-corrected chi connectivity index (χ1v) is 10.4. The number of pyridine rings is 1. The van der Waals surface area contributed by atoms with Crippen molar-refractivity contribution in [1.82, 2.24) is 9.47 Å². The molecule has 0 atom stereocenters. The molecule has 2 aromatic heterocycles. The van der Waals surface area contributed by atoms with Gasteiger partial charge in [0, 0.05) is 43.6 Å². The highest BCUT2D eigenvalue weighted by Crippen LogP contribution is 2.32. The van der Waals surface area contributed by atoms with E-state index in [2.05, 4.69) is 0 Å². The zero-order valence-electron chi connectivity index (χ0n) is 17.3. The molecule has 8 nitrogen and oxygen atoms in total. The van der Waals surface area contributed by atoms with Gasteiger partial charge in [-0.2, -0.15) is 0 Å². The fourth-order valence-electron chi connectivity index (χ4n) is 3.91. The van der Waals surface area contributed by atoms with Crippen LogP contribution in [0.1, 0.15) is 27.8 Å². The lowest BCUT2D eigenvalue weighted by Gasteiger charge is -2.37. The molecule has 1 aliphatic heterocycles. The largest absolute Gasteiger partial charge is 0.462 e. The summed E-state index contributed by atoms with van der Waals surface area (Å²) in [5.74, 6) is -0.576. The molecule has 162 valence electrons. The van der Waals surface area contributed by atoms with E-state index < -0.39 is 11.5 Å². The second-order valence-electron chi connectivity index (χ2n) is 7.23. The van der Waals surface area contributed by atoms with Crippen LogP contribution in [0.2, 0.25) is 5.02 Å². The van der Waals surface area contributed by atoms with Crippen molar-refractivity contribution < 1.29 is 18.7 Å². The number of piperazine rings is 1. The number of ether oxygens (including phenoxy) is 1. The van der Waals surface area contributed by atoms with Crippen molar-refractivity contribution in [1.29, 1.82) is 0 Å². The molecule has 0 saturated carbocycles. The normalized spacial score (nSPS) is 14.2. The van der Waals surface area contributed by atoms with Crippen molar-refractivity contribution in [3.8, 4) is 0 Å². The maximum atomic E-state index is 13.1. The fraction of sp³-hybridized carbons (Fsp3) is 0.318. The Labute approximate surface area is 183 Å². The van der Waals surface area contributed by atoms with Gasteiger partial charge in [-0.1, -0.05) is 11.6 Å². The smallest absolute Gasteiger partial charge is 0.345 e. The monoisotopic (exact) mass is 443 g/mol. The predicted molar refractivity (Wildman–Crippen MR) is 117 cm³/mol. The molecule has 31 heavy (non-hydrogen) atoms. The quantitative estimate of drug-likeness (QED) is 0.576. The van der Waals surface area contributed by atoms with E-state index in [0.29, 0.717) is 47.8 Å². The number of amides is 1. The summed E-state index contributed by atoms with van der Waals surface area (Å²) in [7, 11) is 1.62. The lowest BCUT2D eigenvalue weighted by atomic mass is 10.1. The van der Waals surface area contributed by atoms with E-state index in [4.69, 9.17) is 20.8 Å². The van der Waals surface area contributed by atoms with Crippen LogP contribution in [-0.4, -0.2) is 54.1 Å². The summed E-state index contributed by atoms with van der Waals surface area (Å²) in [4.78, 5) is 42.1. The molecule has 1 aliphatic rings. The van der Waals surface area contributed by atoms with Crippen LogP contribution in [0.4, 0.5) is 5.69 Å². The van der Waals surface area contributed by atoms with Gasteiger partial charge in [0.05, 0.1) is 24.1 Å². The summed E-state index contributed by atoms with van der Waals surface area (Å²) in [6, 6.07) is 8.51. The molecule has 3 aromatic rings. The van der Waals surface area contributed by atoms with Gasteiger partial charge in [-0.15, -0.1) is 0 Å². The number of rotatable bonds is 4. The Kier molecular flexibility index (Phi) is 5.73. The van der Waals surface area contributed by atoms with Gasteiger partial charge in [0.25, 0.3) is 11.5 Å². The molecule has 1 fully saturated rings. The van der Waals surface area contributed by atoms with E-state index in [0.717, 1.165) is 0 Å². The van der Waals surface area contributed by atoms with E-state index in [9.17, 15) is 14.4 Å². The second-order valence-corrected chi connectivity index (χ2v) is 7.66. The summed E-state index contributed by atoms with van der Waals surface area (Å²) in [6.07, 6.45) is 1.46. The number of nitrogens with zero attached hydrogens (tertiary/aromatic N) is 3. The summed E-state index contributed by atoms with van der Waals surface area (Å²) < 4.78 is 11.8. The summed E-state index contributed by atoms with van der Waals surface area (Å²) in [5, 5.41) is 1.18. The molecule has 0 radical (unpaired) electrons. The average Bonchev–Trinajstić information content (AvgIpc) is 3.30. The summed E-state index contributed by atoms with van der Waals surface area (Å²) in [5.41, 5.74) is 0.693. The third kappa shape index (κ3) is 3.79. The van der Waals surface area contributed by atoms with Crippen molar-refractivity contribution >= 4 is 40.1 Å². The summed E-state index contributed by atoms with van der Waals surface area (Å²) >= 11 is 6.25. The van der Waals surface area contributed by atoms with Gasteiger partial charge < -0.3 is 23.5 Å². The number of aromatic nitrogens is 1. The van der Waals surface area contributed by atoms with E-state index in [1.54, 1.807) is 49.2 Å². The van der Waals surface area contributed by atoms with Gasteiger partial charge in [-0.3, -0.25) is 9.59 Å².